The van der Waals surface area contributed by atoms with Gasteiger partial charge in [-0.25, -0.2) is 13.4 Å². The van der Waals surface area contributed by atoms with Crippen LogP contribution in [0.4, 0.5) is 0 Å². The van der Waals surface area contributed by atoms with Crippen LogP contribution >= 0.6 is 0 Å². The summed E-state index contributed by atoms with van der Waals surface area (Å²) in [6, 6.07) is 4.27. The van der Waals surface area contributed by atoms with E-state index >= 15 is 0 Å². The van der Waals surface area contributed by atoms with E-state index in [4.69, 9.17) is 0 Å². The minimum absolute atomic E-state index is 0. The molecule has 0 unspecified atom stereocenters. The van der Waals surface area contributed by atoms with Gasteiger partial charge in [0.25, 0.3) is 0 Å². The number of H-pyrrole nitrogens is 1. The Morgan fingerprint density at radius 1 is 0.926 bits per heavy atom. The number of hydrogen-bond donors (Lipinski definition) is 1. The smallest absolute Gasteiger partial charge is 0.744 e. The summed E-state index contributed by atoms with van der Waals surface area (Å²) in [5, 5.41) is 0. The fraction of sp³-hybridized carbons (Fsp3) is 0.650. The molecule has 0 saturated carbocycles. The number of nitrogens with zero attached hydrogens (tertiary/aromatic N) is 1. The maximum absolute atomic E-state index is 11.1. The molecule has 1 aromatic carbocycles. The Labute approximate surface area is 185 Å². The Morgan fingerprint density at radius 2 is 1.48 bits per heavy atom. The van der Waals surface area contributed by atoms with Crippen LogP contribution in [0.2, 0.25) is 0 Å². The molecular weight excluding hydrogens is 371 g/mol. The van der Waals surface area contributed by atoms with Crippen LogP contribution in [-0.4, -0.2) is 22.9 Å². The van der Waals surface area contributed by atoms with Crippen LogP contribution in [0, 0.1) is 0 Å². The molecule has 0 saturated heterocycles. The number of imidazole rings is 1. The van der Waals surface area contributed by atoms with E-state index in [2.05, 4.69) is 16.9 Å². The van der Waals surface area contributed by atoms with Gasteiger partial charge >= 0.3 is 29.6 Å². The van der Waals surface area contributed by atoms with Crippen LogP contribution in [0.15, 0.2) is 23.1 Å². The summed E-state index contributed by atoms with van der Waals surface area (Å²) >= 11 is 0. The molecule has 0 radical (unpaired) electrons. The molecule has 0 aliphatic rings. The van der Waals surface area contributed by atoms with Crippen LogP contribution in [0.3, 0.4) is 0 Å². The molecule has 0 spiro atoms. The molecule has 27 heavy (non-hydrogen) atoms. The minimum atomic E-state index is -4.42. The first kappa shape index (κ1) is 24.6. The van der Waals surface area contributed by atoms with Gasteiger partial charge in [0.1, 0.15) is 15.9 Å². The topological polar surface area (TPSA) is 85.9 Å². The molecule has 1 N–H and O–H groups in total. The monoisotopic (exact) mass is 402 g/mol. The second-order valence-electron chi connectivity index (χ2n) is 7.10. The van der Waals surface area contributed by atoms with Crippen molar-refractivity contribution < 1.29 is 42.5 Å². The Kier molecular flexibility index (Phi) is 11.8. The van der Waals surface area contributed by atoms with Crippen molar-refractivity contribution in [2.24, 2.45) is 0 Å². The van der Waals surface area contributed by atoms with Crippen LogP contribution in [-0.2, 0) is 16.5 Å². The molecule has 146 valence electrons. The Balaban J connectivity index is 0.00000364. The van der Waals surface area contributed by atoms with Gasteiger partial charge in [-0.05, 0) is 24.6 Å². The zero-order valence-electron chi connectivity index (χ0n) is 16.8. The molecule has 0 atom stereocenters. The van der Waals surface area contributed by atoms with Crippen molar-refractivity contribution in [3.8, 4) is 0 Å². The Bertz CT molecular complexity index is 775. The first-order chi connectivity index (χ1) is 12.5. The normalized spacial score (nSPS) is 11.6. The summed E-state index contributed by atoms with van der Waals surface area (Å²) in [7, 11) is -4.42. The maximum Gasteiger partial charge on any atom is 1.00 e. The van der Waals surface area contributed by atoms with Crippen LogP contribution in [0.25, 0.3) is 11.0 Å². The fourth-order valence-corrected chi connectivity index (χ4v) is 3.77. The van der Waals surface area contributed by atoms with Gasteiger partial charge in [0, 0.05) is 6.42 Å². The number of benzene rings is 1. The van der Waals surface area contributed by atoms with Crippen molar-refractivity contribution in [3.05, 3.63) is 24.0 Å². The van der Waals surface area contributed by atoms with Gasteiger partial charge < -0.3 is 9.54 Å². The summed E-state index contributed by atoms with van der Waals surface area (Å²) in [6.45, 7) is 2.25. The standard InChI is InChI=1S/C20H32N2O3S.Na/c1-2-3-4-5-6-7-8-9-10-11-12-13-20-21-18-15-14-17(26(23,24)25)16-19(18)22-20;/h14-16H,2-13H2,1H3,(H,21,22)(H,23,24,25);/q;+1/p-1. The van der Waals surface area contributed by atoms with E-state index in [1.807, 2.05) is 0 Å². The van der Waals surface area contributed by atoms with E-state index in [1.54, 1.807) is 6.07 Å². The van der Waals surface area contributed by atoms with Gasteiger partial charge in [-0.1, -0.05) is 71.1 Å². The molecule has 0 fully saturated rings. The number of rotatable bonds is 13. The fourth-order valence-electron chi connectivity index (χ4n) is 3.27. The van der Waals surface area contributed by atoms with E-state index in [0.29, 0.717) is 11.0 Å². The number of aromatic amines is 1. The molecule has 0 aliphatic heterocycles. The molecular formula is C20H31N2NaO3S. The van der Waals surface area contributed by atoms with Gasteiger partial charge in [-0.15, -0.1) is 0 Å². The Hall–Kier alpha value is -0.400. The Morgan fingerprint density at radius 3 is 2.04 bits per heavy atom. The van der Waals surface area contributed by atoms with E-state index in [-0.39, 0.29) is 34.5 Å². The third-order valence-corrected chi connectivity index (χ3v) is 5.64. The molecule has 2 rings (SSSR count). The molecule has 0 bridgehead atoms. The van der Waals surface area contributed by atoms with Gasteiger partial charge in [-0.2, -0.15) is 0 Å². The molecule has 7 heteroatoms. The average molecular weight is 403 g/mol. The summed E-state index contributed by atoms with van der Waals surface area (Å²) < 4.78 is 33.2. The number of aromatic nitrogens is 2. The number of hydrogen-bond acceptors (Lipinski definition) is 4. The average Bonchev–Trinajstić information content (AvgIpc) is 3.01. The molecule has 2 aromatic rings. The van der Waals surface area contributed by atoms with E-state index < -0.39 is 10.1 Å². The summed E-state index contributed by atoms with van der Waals surface area (Å²) in [4.78, 5) is 7.38. The molecule has 0 aliphatic carbocycles. The first-order valence-electron chi connectivity index (χ1n) is 9.95. The molecule has 1 aromatic heterocycles. The van der Waals surface area contributed by atoms with Gasteiger partial charge in [0.2, 0.25) is 0 Å². The van der Waals surface area contributed by atoms with E-state index in [0.717, 1.165) is 18.7 Å². The van der Waals surface area contributed by atoms with Gasteiger partial charge in [-0.3, -0.25) is 0 Å². The zero-order valence-corrected chi connectivity index (χ0v) is 19.6. The number of nitrogens with one attached hydrogen (secondary N) is 1. The van der Waals surface area contributed by atoms with Crippen LogP contribution < -0.4 is 29.6 Å². The zero-order chi connectivity index (χ0) is 18.8. The van der Waals surface area contributed by atoms with Gasteiger partial charge in [0.15, 0.2) is 0 Å². The third-order valence-electron chi connectivity index (χ3n) is 4.81. The largest absolute Gasteiger partial charge is 1.00 e. The van der Waals surface area contributed by atoms with E-state index in [1.165, 1.54) is 76.3 Å². The first-order valence-corrected chi connectivity index (χ1v) is 11.4. The quantitative estimate of drug-likeness (QED) is 0.316. The summed E-state index contributed by atoms with van der Waals surface area (Å²) in [6.07, 6.45) is 15.2. The summed E-state index contributed by atoms with van der Waals surface area (Å²) in [5.41, 5.74) is 1.32. The van der Waals surface area contributed by atoms with Crippen LogP contribution in [0.1, 0.15) is 83.4 Å². The van der Waals surface area contributed by atoms with Crippen LogP contribution in [0.5, 0.6) is 0 Å². The number of aryl methyl sites for hydroxylation is 1. The molecule has 0 amide bonds. The van der Waals surface area contributed by atoms with Crippen molar-refractivity contribution in [1.82, 2.24) is 9.97 Å². The number of fused-ring (bicyclic) bond motifs is 1. The van der Waals surface area contributed by atoms with Gasteiger partial charge in [0.05, 0.1) is 15.9 Å². The SMILES string of the molecule is CCCCCCCCCCCCCc1nc2ccc(S(=O)(=O)[O-])cc2[nH]1.[Na+]. The predicted octanol–water partition coefficient (Wildman–Crippen LogP) is 2.32. The summed E-state index contributed by atoms with van der Waals surface area (Å²) in [5.74, 6) is 0.858. The second kappa shape index (κ2) is 12.9. The number of unbranched alkanes of at least 4 members (excludes halogenated alkanes) is 10. The van der Waals surface area contributed by atoms with Crippen molar-refractivity contribution in [2.45, 2.75) is 88.9 Å². The van der Waals surface area contributed by atoms with Crippen molar-refractivity contribution >= 4 is 21.2 Å². The maximum atomic E-state index is 11.1. The minimum Gasteiger partial charge on any atom is -0.744 e. The van der Waals surface area contributed by atoms with Crippen molar-refractivity contribution in [2.75, 3.05) is 0 Å². The van der Waals surface area contributed by atoms with Crippen molar-refractivity contribution in [1.29, 1.82) is 0 Å². The predicted molar refractivity (Wildman–Crippen MR) is 104 cm³/mol. The molecule has 1 heterocycles. The third kappa shape index (κ3) is 9.09. The molecule has 5 nitrogen and oxygen atoms in total. The second-order valence-corrected chi connectivity index (χ2v) is 8.48. The van der Waals surface area contributed by atoms with E-state index in [9.17, 15) is 13.0 Å². The van der Waals surface area contributed by atoms with Crippen molar-refractivity contribution in [3.63, 3.8) is 0 Å².